The maximum absolute atomic E-state index is 11.7. The molecule has 0 radical (unpaired) electrons. The lowest BCUT2D eigenvalue weighted by molar-refractivity contribution is -0.384. The highest BCUT2D eigenvalue weighted by atomic mass is 16.6. The van der Waals surface area contributed by atoms with Gasteiger partial charge in [0.05, 0.1) is 16.5 Å². The summed E-state index contributed by atoms with van der Waals surface area (Å²) in [5, 5.41) is 19.5. The van der Waals surface area contributed by atoms with Crippen molar-refractivity contribution in [2.75, 3.05) is 11.4 Å². The van der Waals surface area contributed by atoms with E-state index in [0.717, 1.165) is 0 Å². The molecule has 2 rings (SSSR count). The lowest BCUT2D eigenvalue weighted by Crippen LogP contribution is -2.25. The largest absolute Gasteiger partial charge is 0.481 e. The summed E-state index contributed by atoms with van der Waals surface area (Å²) in [5.74, 6) is -2.11. The highest BCUT2D eigenvalue weighted by Crippen LogP contribution is 2.27. The molecule has 0 unspecified atom stereocenters. The van der Waals surface area contributed by atoms with Crippen molar-refractivity contribution in [1.82, 2.24) is 0 Å². The van der Waals surface area contributed by atoms with Crippen LogP contribution in [0, 0.1) is 16.0 Å². The van der Waals surface area contributed by atoms with Crippen LogP contribution in [0.15, 0.2) is 24.3 Å². The molecule has 7 heteroatoms. The molecular formula is C11H10N2O5. The van der Waals surface area contributed by atoms with Crippen molar-refractivity contribution in [2.45, 2.75) is 6.42 Å². The van der Waals surface area contributed by atoms with Crippen LogP contribution in [0.5, 0.6) is 0 Å². The van der Waals surface area contributed by atoms with Gasteiger partial charge in [0.15, 0.2) is 0 Å². The number of non-ortho nitro benzene ring substituents is 1. The quantitative estimate of drug-likeness (QED) is 0.637. The van der Waals surface area contributed by atoms with Crippen LogP contribution in [0.2, 0.25) is 0 Å². The molecule has 1 aromatic carbocycles. The number of rotatable bonds is 3. The third kappa shape index (κ3) is 2.15. The summed E-state index contributed by atoms with van der Waals surface area (Å²) >= 11 is 0. The molecule has 94 valence electrons. The van der Waals surface area contributed by atoms with Gasteiger partial charge in [-0.2, -0.15) is 0 Å². The maximum Gasteiger partial charge on any atom is 0.308 e. The lowest BCUT2D eigenvalue weighted by Gasteiger charge is -2.15. The van der Waals surface area contributed by atoms with Crippen LogP contribution in [0.25, 0.3) is 0 Å². The van der Waals surface area contributed by atoms with Crippen LogP contribution in [0.1, 0.15) is 6.42 Å². The van der Waals surface area contributed by atoms with Gasteiger partial charge >= 0.3 is 5.97 Å². The number of hydrogen-bond acceptors (Lipinski definition) is 4. The van der Waals surface area contributed by atoms with Gasteiger partial charge in [-0.25, -0.2) is 0 Å². The molecule has 0 aliphatic carbocycles. The van der Waals surface area contributed by atoms with E-state index in [2.05, 4.69) is 0 Å². The first-order chi connectivity index (χ1) is 8.49. The van der Waals surface area contributed by atoms with Crippen LogP contribution >= 0.6 is 0 Å². The molecule has 0 saturated carbocycles. The molecule has 1 atom stereocenters. The maximum atomic E-state index is 11.7. The number of benzene rings is 1. The van der Waals surface area contributed by atoms with Gasteiger partial charge in [-0.3, -0.25) is 19.7 Å². The summed E-state index contributed by atoms with van der Waals surface area (Å²) in [6, 6.07) is 5.60. The Labute approximate surface area is 102 Å². The van der Waals surface area contributed by atoms with Crippen LogP contribution in [-0.2, 0) is 9.59 Å². The molecular weight excluding hydrogens is 240 g/mol. The zero-order chi connectivity index (χ0) is 13.3. The van der Waals surface area contributed by atoms with Gasteiger partial charge in [0, 0.05) is 25.1 Å². The molecule has 0 spiro atoms. The molecule has 1 aliphatic heterocycles. The third-order valence-corrected chi connectivity index (χ3v) is 2.83. The van der Waals surface area contributed by atoms with Crippen molar-refractivity contribution in [3.63, 3.8) is 0 Å². The fourth-order valence-corrected chi connectivity index (χ4v) is 1.90. The number of carboxylic acid groups (broad SMARTS) is 1. The number of carbonyl (C=O) groups excluding carboxylic acids is 1. The predicted octanol–water partition coefficient (Wildman–Crippen LogP) is 1.03. The second-order valence-corrected chi connectivity index (χ2v) is 4.02. The van der Waals surface area contributed by atoms with E-state index in [1.807, 2.05) is 0 Å². The van der Waals surface area contributed by atoms with Gasteiger partial charge in [-0.05, 0) is 6.07 Å². The van der Waals surface area contributed by atoms with E-state index in [-0.39, 0.29) is 24.6 Å². The summed E-state index contributed by atoms with van der Waals surface area (Å²) in [4.78, 5) is 33.8. The topological polar surface area (TPSA) is 101 Å². The Kier molecular flexibility index (Phi) is 2.97. The van der Waals surface area contributed by atoms with Crippen LogP contribution in [-0.4, -0.2) is 28.5 Å². The Hall–Kier alpha value is -2.44. The number of nitrogens with zero attached hydrogens (tertiary/aromatic N) is 2. The van der Waals surface area contributed by atoms with E-state index in [0.29, 0.717) is 5.69 Å². The Morgan fingerprint density at radius 3 is 2.78 bits per heavy atom. The zero-order valence-corrected chi connectivity index (χ0v) is 9.28. The van der Waals surface area contributed by atoms with E-state index in [1.165, 1.54) is 23.1 Å². The molecule has 18 heavy (non-hydrogen) atoms. The lowest BCUT2D eigenvalue weighted by atomic mass is 10.1. The van der Waals surface area contributed by atoms with Crippen LogP contribution in [0.3, 0.4) is 0 Å². The number of aliphatic carboxylic acids is 1. The second-order valence-electron chi connectivity index (χ2n) is 4.02. The van der Waals surface area contributed by atoms with E-state index in [9.17, 15) is 19.7 Å². The van der Waals surface area contributed by atoms with E-state index in [4.69, 9.17) is 5.11 Å². The second kappa shape index (κ2) is 4.44. The summed E-state index contributed by atoms with van der Waals surface area (Å²) in [7, 11) is 0. The van der Waals surface area contributed by atoms with Crippen molar-refractivity contribution < 1.29 is 19.6 Å². The summed E-state index contributed by atoms with van der Waals surface area (Å²) in [5.41, 5.74) is 0.233. The predicted molar refractivity (Wildman–Crippen MR) is 61.2 cm³/mol. The first kappa shape index (κ1) is 12.0. The number of amides is 1. The molecule has 0 bridgehead atoms. The summed E-state index contributed by atoms with van der Waals surface area (Å²) in [6.45, 7) is 0.0509. The number of anilines is 1. The van der Waals surface area contributed by atoms with Crippen LogP contribution < -0.4 is 4.90 Å². The SMILES string of the molecule is O=C(O)[C@@H]1CC(=O)N(c2cccc([N+](=O)[O-])c2)C1. The minimum Gasteiger partial charge on any atom is -0.481 e. The fraction of sp³-hybridized carbons (Fsp3) is 0.273. The molecule has 1 heterocycles. The average molecular weight is 250 g/mol. The minimum absolute atomic E-state index is 0.0509. The molecule has 1 aromatic rings. The van der Waals surface area contributed by atoms with E-state index in [1.54, 1.807) is 6.07 Å². The molecule has 0 aromatic heterocycles. The Morgan fingerprint density at radius 1 is 1.50 bits per heavy atom. The highest BCUT2D eigenvalue weighted by Gasteiger charge is 2.35. The standard InChI is InChI=1S/C11H10N2O5/c14-10-4-7(11(15)16)6-12(10)8-2-1-3-9(5-8)13(17)18/h1-3,5,7H,4,6H2,(H,15,16)/t7-/m1/s1. The first-order valence-corrected chi connectivity index (χ1v) is 5.26. The average Bonchev–Trinajstić information content (AvgIpc) is 2.72. The van der Waals surface area contributed by atoms with Gasteiger partial charge in [-0.15, -0.1) is 0 Å². The molecule has 1 N–H and O–H groups in total. The van der Waals surface area contributed by atoms with Crippen molar-refractivity contribution in [3.05, 3.63) is 34.4 Å². The Morgan fingerprint density at radius 2 is 2.22 bits per heavy atom. The molecule has 7 nitrogen and oxygen atoms in total. The number of hydrogen-bond donors (Lipinski definition) is 1. The smallest absolute Gasteiger partial charge is 0.308 e. The Balaban J connectivity index is 2.27. The van der Waals surface area contributed by atoms with Crippen molar-refractivity contribution in [1.29, 1.82) is 0 Å². The zero-order valence-electron chi connectivity index (χ0n) is 9.28. The van der Waals surface area contributed by atoms with Crippen LogP contribution in [0.4, 0.5) is 11.4 Å². The third-order valence-electron chi connectivity index (χ3n) is 2.83. The number of nitro benzene ring substituents is 1. The van der Waals surface area contributed by atoms with Crippen molar-refractivity contribution in [3.8, 4) is 0 Å². The molecule has 1 amide bonds. The van der Waals surface area contributed by atoms with Gasteiger partial charge < -0.3 is 10.0 Å². The summed E-state index contributed by atoms with van der Waals surface area (Å²) < 4.78 is 0. The minimum atomic E-state index is -1.03. The van der Waals surface area contributed by atoms with Crippen molar-refractivity contribution >= 4 is 23.3 Å². The van der Waals surface area contributed by atoms with E-state index >= 15 is 0 Å². The fourth-order valence-electron chi connectivity index (χ4n) is 1.90. The van der Waals surface area contributed by atoms with Gasteiger partial charge in [-0.1, -0.05) is 6.07 Å². The number of carbonyl (C=O) groups is 2. The summed E-state index contributed by atoms with van der Waals surface area (Å²) in [6.07, 6.45) is -0.0714. The molecule has 1 aliphatic rings. The normalized spacial score (nSPS) is 19.0. The first-order valence-electron chi connectivity index (χ1n) is 5.26. The van der Waals surface area contributed by atoms with Crippen molar-refractivity contribution in [2.24, 2.45) is 5.92 Å². The van der Waals surface area contributed by atoms with Gasteiger partial charge in [0.1, 0.15) is 0 Å². The van der Waals surface area contributed by atoms with Gasteiger partial charge in [0.25, 0.3) is 5.69 Å². The number of carboxylic acids is 1. The Bertz CT molecular complexity index is 528. The highest BCUT2D eigenvalue weighted by molar-refractivity contribution is 5.99. The monoisotopic (exact) mass is 250 g/mol. The van der Waals surface area contributed by atoms with E-state index < -0.39 is 16.8 Å². The number of nitro groups is 1. The molecule has 1 fully saturated rings. The molecule has 1 saturated heterocycles. The van der Waals surface area contributed by atoms with Gasteiger partial charge in [0.2, 0.25) is 5.91 Å².